The van der Waals surface area contributed by atoms with Gasteiger partial charge in [-0.25, -0.2) is 4.39 Å². The lowest BCUT2D eigenvalue weighted by Gasteiger charge is -2.06. The third kappa shape index (κ3) is 4.01. The van der Waals surface area contributed by atoms with E-state index in [1.165, 1.54) is 12.1 Å². The fraction of sp³-hybridized carbons (Fsp3) is 0.333. The molecule has 0 saturated carbocycles. The third-order valence-corrected chi connectivity index (χ3v) is 1.84. The van der Waals surface area contributed by atoms with Crippen LogP contribution in [0.25, 0.3) is 0 Å². The van der Waals surface area contributed by atoms with Crippen molar-refractivity contribution in [1.82, 2.24) is 0 Å². The van der Waals surface area contributed by atoms with Crippen molar-refractivity contribution in [3.8, 4) is 17.6 Å². The average Bonchev–Trinajstić information content (AvgIpc) is 2.23. The standard InChI is InChI=1S/C12H14FNO/c1-2-3-4-5-15-12-7-10(9-14)6-11(13)8-12/h6-8H,4-5,9,14H2,1H3. The minimum atomic E-state index is -0.325. The van der Waals surface area contributed by atoms with Crippen LogP contribution in [0.4, 0.5) is 4.39 Å². The summed E-state index contributed by atoms with van der Waals surface area (Å²) in [5, 5.41) is 0. The highest BCUT2D eigenvalue weighted by Gasteiger charge is 2.00. The lowest BCUT2D eigenvalue weighted by atomic mass is 10.2. The fourth-order valence-corrected chi connectivity index (χ4v) is 1.17. The Bertz CT molecular complexity index is 379. The Morgan fingerprint density at radius 1 is 1.40 bits per heavy atom. The minimum Gasteiger partial charge on any atom is -0.492 e. The molecule has 0 unspecified atom stereocenters. The molecule has 0 fully saturated rings. The van der Waals surface area contributed by atoms with Gasteiger partial charge in [-0.3, -0.25) is 0 Å². The van der Waals surface area contributed by atoms with Crippen LogP contribution in [0.1, 0.15) is 18.9 Å². The van der Waals surface area contributed by atoms with E-state index in [0.29, 0.717) is 25.3 Å². The summed E-state index contributed by atoms with van der Waals surface area (Å²) < 4.78 is 18.4. The van der Waals surface area contributed by atoms with Crippen LogP contribution in [0.3, 0.4) is 0 Å². The Morgan fingerprint density at radius 2 is 2.20 bits per heavy atom. The second-order valence-electron chi connectivity index (χ2n) is 3.02. The van der Waals surface area contributed by atoms with Gasteiger partial charge in [-0.15, -0.1) is 11.8 Å². The van der Waals surface area contributed by atoms with E-state index in [1.54, 1.807) is 13.0 Å². The van der Waals surface area contributed by atoms with Crippen molar-refractivity contribution in [2.24, 2.45) is 5.73 Å². The van der Waals surface area contributed by atoms with Crippen LogP contribution in [0.2, 0.25) is 0 Å². The van der Waals surface area contributed by atoms with Gasteiger partial charge in [0.05, 0.1) is 6.61 Å². The normalized spacial score (nSPS) is 9.27. The van der Waals surface area contributed by atoms with Crippen LogP contribution in [-0.2, 0) is 6.54 Å². The second kappa shape index (κ2) is 6.05. The van der Waals surface area contributed by atoms with Gasteiger partial charge >= 0.3 is 0 Å². The van der Waals surface area contributed by atoms with Crippen molar-refractivity contribution in [3.05, 3.63) is 29.6 Å². The maximum Gasteiger partial charge on any atom is 0.127 e. The summed E-state index contributed by atoms with van der Waals surface area (Å²) in [7, 11) is 0. The highest BCUT2D eigenvalue weighted by atomic mass is 19.1. The molecule has 1 aromatic rings. The van der Waals surface area contributed by atoms with E-state index in [9.17, 15) is 4.39 Å². The summed E-state index contributed by atoms with van der Waals surface area (Å²) in [6.07, 6.45) is 0.644. The zero-order valence-electron chi connectivity index (χ0n) is 8.72. The van der Waals surface area contributed by atoms with Crippen molar-refractivity contribution in [2.75, 3.05) is 6.61 Å². The molecule has 0 amide bonds. The maximum atomic E-state index is 13.0. The van der Waals surface area contributed by atoms with Crippen molar-refractivity contribution in [2.45, 2.75) is 19.9 Å². The second-order valence-corrected chi connectivity index (χ2v) is 3.02. The largest absolute Gasteiger partial charge is 0.492 e. The van der Waals surface area contributed by atoms with Crippen LogP contribution in [0, 0.1) is 17.7 Å². The van der Waals surface area contributed by atoms with Gasteiger partial charge in [-0.2, -0.15) is 0 Å². The smallest absolute Gasteiger partial charge is 0.127 e. The molecule has 2 nitrogen and oxygen atoms in total. The van der Waals surface area contributed by atoms with Crippen LogP contribution in [-0.4, -0.2) is 6.61 Å². The summed E-state index contributed by atoms with van der Waals surface area (Å²) in [6.45, 7) is 2.55. The van der Waals surface area contributed by atoms with Crippen LogP contribution in [0.5, 0.6) is 5.75 Å². The predicted molar refractivity (Wildman–Crippen MR) is 57.9 cm³/mol. The number of rotatable bonds is 4. The number of benzene rings is 1. The minimum absolute atomic E-state index is 0.308. The number of hydrogen-bond acceptors (Lipinski definition) is 2. The Kier molecular flexibility index (Phi) is 4.65. The van der Waals surface area contributed by atoms with Crippen LogP contribution in [0.15, 0.2) is 18.2 Å². The highest BCUT2D eigenvalue weighted by molar-refractivity contribution is 5.29. The molecule has 15 heavy (non-hydrogen) atoms. The highest BCUT2D eigenvalue weighted by Crippen LogP contribution is 2.16. The van der Waals surface area contributed by atoms with Crippen molar-refractivity contribution >= 4 is 0 Å². The van der Waals surface area contributed by atoms with Crippen molar-refractivity contribution in [3.63, 3.8) is 0 Å². The zero-order chi connectivity index (χ0) is 11.1. The Labute approximate surface area is 89.2 Å². The topological polar surface area (TPSA) is 35.2 Å². The maximum absolute atomic E-state index is 13.0. The molecule has 0 bridgehead atoms. The van der Waals surface area contributed by atoms with E-state index < -0.39 is 0 Å². The first-order valence-electron chi connectivity index (χ1n) is 4.78. The van der Waals surface area contributed by atoms with Gasteiger partial charge in [0, 0.05) is 19.0 Å². The lowest BCUT2D eigenvalue weighted by Crippen LogP contribution is -2.00. The number of nitrogens with two attached hydrogens (primary N) is 1. The van der Waals surface area contributed by atoms with Gasteiger partial charge in [0.2, 0.25) is 0 Å². The molecule has 0 spiro atoms. The van der Waals surface area contributed by atoms with Crippen LogP contribution < -0.4 is 10.5 Å². The zero-order valence-corrected chi connectivity index (χ0v) is 8.72. The average molecular weight is 207 g/mol. The molecule has 1 aromatic carbocycles. The van der Waals surface area contributed by atoms with Crippen molar-refractivity contribution < 1.29 is 9.13 Å². The molecular formula is C12H14FNO. The predicted octanol–water partition coefficient (Wildman–Crippen LogP) is 2.08. The Morgan fingerprint density at radius 3 is 2.87 bits per heavy atom. The molecule has 80 valence electrons. The van der Waals surface area contributed by atoms with Gasteiger partial charge < -0.3 is 10.5 Å². The summed E-state index contributed by atoms with van der Waals surface area (Å²) in [5.74, 6) is 5.82. The van der Waals surface area contributed by atoms with E-state index in [2.05, 4.69) is 11.8 Å². The number of hydrogen-bond donors (Lipinski definition) is 1. The molecule has 0 atom stereocenters. The molecule has 0 radical (unpaired) electrons. The molecule has 0 aliphatic carbocycles. The number of ether oxygens (including phenoxy) is 1. The molecule has 1 rings (SSSR count). The van der Waals surface area contributed by atoms with E-state index in [1.807, 2.05) is 0 Å². The van der Waals surface area contributed by atoms with Gasteiger partial charge in [0.1, 0.15) is 11.6 Å². The molecular weight excluding hydrogens is 193 g/mol. The molecule has 3 heteroatoms. The van der Waals surface area contributed by atoms with Crippen molar-refractivity contribution in [1.29, 1.82) is 0 Å². The first-order chi connectivity index (χ1) is 7.26. The van der Waals surface area contributed by atoms with E-state index in [0.717, 1.165) is 5.56 Å². The SMILES string of the molecule is CC#CCCOc1cc(F)cc(CN)c1. The summed E-state index contributed by atoms with van der Waals surface area (Å²) in [6, 6.07) is 4.49. The molecule has 0 saturated heterocycles. The molecule has 2 N–H and O–H groups in total. The molecule has 0 aliphatic rings. The van der Waals surface area contributed by atoms with Gasteiger partial charge in [0.25, 0.3) is 0 Å². The summed E-state index contributed by atoms with van der Waals surface area (Å²) in [4.78, 5) is 0. The quantitative estimate of drug-likeness (QED) is 0.606. The Hall–Kier alpha value is -1.53. The first kappa shape index (κ1) is 11.5. The summed E-state index contributed by atoms with van der Waals surface area (Å²) >= 11 is 0. The monoisotopic (exact) mass is 207 g/mol. The third-order valence-electron chi connectivity index (χ3n) is 1.84. The van der Waals surface area contributed by atoms with Gasteiger partial charge in [-0.05, 0) is 24.6 Å². The van der Waals surface area contributed by atoms with E-state index in [-0.39, 0.29) is 5.82 Å². The molecule has 0 heterocycles. The molecule has 0 aromatic heterocycles. The Balaban J connectivity index is 2.59. The lowest BCUT2D eigenvalue weighted by molar-refractivity contribution is 0.325. The van der Waals surface area contributed by atoms with Gasteiger partial charge in [-0.1, -0.05) is 0 Å². The van der Waals surface area contributed by atoms with E-state index in [4.69, 9.17) is 10.5 Å². The van der Waals surface area contributed by atoms with Crippen LogP contribution >= 0.6 is 0 Å². The van der Waals surface area contributed by atoms with Gasteiger partial charge in [0.15, 0.2) is 0 Å². The fourth-order valence-electron chi connectivity index (χ4n) is 1.17. The first-order valence-corrected chi connectivity index (χ1v) is 4.78. The summed E-state index contributed by atoms with van der Waals surface area (Å²) in [5.41, 5.74) is 6.15. The molecule has 0 aliphatic heterocycles. The van der Waals surface area contributed by atoms with E-state index >= 15 is 0 Å². The number of halogens is 1.